The predicted octanol–water partition coefficient (Wildman–Crippen LogP) is 5.07. The van der Waals surface area contributed by atoms with Crippen molar-refractivity contribution in [2.24, 2.45) is 5.92 Å². The van der Waals surface area contributed by atoms with Crippen LogP contribution in [0.3, 0.4) is 0 Å². The van der Waals surface area contributed by atoms with E-state index in [-0.39, 0.29) is 5.91 Å². The van der Waals surface area contributed by atoms with Crippen LogP contribution in [0.4, 0.5) is 11.4 Å². The highest BCUT2D eigenvalue weighted by Crippen LogP contribution is 2.29. The third-order valence-electron chi connectivity index (χ3n) is 5.99. The highest BCUT2D eigenvalue weighted by molar-refractivity contribution is 7.16. The van der Waals surface area contributed by atoms with Gasteiger partial charge in [0.2, 0.25) is 0 Å². The third-order valence-corrected chi connectivity index (χ3v) is 6.78. The van der Waals surface area contributed by atoms with Crippen molar-refractivity contribution < 1.29 is 14.8 Å². The van der Waals surface area contributed by atoms with Gasteiger partial charge in [-0.25, -0.2) is 15.9 Å². The molecule has 3 N–H and O–H groups in total. The number of hydrogen-bond acceptors (Lipinski definition) is 7. The number of carbonyl (C=O) groups is 1. The molecule has 1 saturated heterocycles. The number of aliphatic hydroxyl groups is 1. The molecule has 1 aromatic heterocycles. The van der Waals surface area contributed by atoms with E-state index >= 15 is 0 Å². The second kappa shape index (κ2) is 9.85. The Morgan fingerprint density at radius 3 is 2.66 bits per heavy atom. The molecule has 32 heavy (non-hydrogen) atoms. The summed E-state index contributed by atoms with van der Waals surface area (Å²) >= 11 is 1.57. The van der Waals surface area contributed by atoms with Crippen molar-refractivity contribution in [3.05, 3.63) is 53.5 Å². The number of fused-ring (bicyclic) bond motifs is 1. The maximum Gasteiger partial charge on any atom is 0.253 e. The zero-order valence-corrected chi connectivity index (χ0v) is 19.3. The standard InChI is InChI=1S/C24H30N4O3S/c1-17(2)10-11-24(30)12-14-28(15-13-24)23(29)18-6-8-19(9-7-18)26-31-27-20-4-3-5-21-22(20)25-16-32-21/h3-9,16-17,26-27,30H,10-15H2,1-2H3. The average Bonchev–Trinajstić information content (AvgIpc) is 3.28. The van der Waals surface area contributed by atoms with Gasteiger partial charge in [0, 0.05) is 18.7 Å². The molecule has 7 nitrogen and oxygen atoms in total. The maximum atomic E-state index is 12.9. The number of nitrogens with one attached hydrogen (secondary N) is 2. The van der Waals surface area contributed by atoms with Gasteiger partial charge in [0.05, 0.1) is 27.2 Å². The molecule has 1 aliphatic rings. The molecule has 0 saturated carbocycles. The Balaban J connectivity index is 1.27. The molecule has 0 unspecified atom stereocenters. The molecule has 170 valence electrons. The van der Waals surface area contributed by atoms with E-state index in [1.54, 1.807) is 41.1 Å². The molecule has 0 radical (unpaired) electrons. The van der Waals surface area contributed by atoms with Gasteiger partial charge >= 0.3 is 0 Å². The number of thiazole rings is 1. The van der Waals surface area contributed by atoms with Gasteiger partial charge in [0.25, 0.3) is 5.91 Å². The highest BCUT2D eigenvalue weighted by Gasteiger charge is 2.33. The van der Waals surface area contributed by atoms with Crippen molar-refractivity contribution in [3.8, 4) is 0 Å². The number of benzene rings is 2. The summed E-state index contributed by atoms with van der Waals surface area (Å²) in [6, 6.07) is 13.0. The molecule has 3 aromatic rings. The van der Waals surface area contributed by atoms with Crippen molar-refractivity contribution >= 4 is 38.8 Å². The second-order valence-corrected chi connectivity index (χ2v) is 9.72. The molecular formula is C24H30N4O3S. The van der Waals surface area contributed by atoms with Crippen LogP contribution in [-0.2, 0) is 4.94 Å². The second-order valence-electron chi connectivity index (χ2n) is 8.84. The minimum atomic E-state index is -0.637. The van der Waals surface area contributed by atoms with Gasteiger partial charge in [-0.3, -0.25) is 4.79 Å². The fraction of sp³-hybridized carbons (Fsp3) is 0.417. The van der Waals surface area contributed by atoms with Crippen LogP contribution in [-0.4, -0.2) is 39.6 Å². The van der Waals surface area contributed by atoms with Gasteiger partial charge in [-0.15, -0.1) is 11.3 Å². The summed E-state index contributed by atoms with van der Waals surface area (Å²) in [6.45, 7) is 5.51. The van der Waals surface area contributed by atoms with E-state index in [1.807, 2.05) is 23.1 Å². The summed E-state index contributed by atoms with van der Waals surface area (Å²) in [5, 5.41) is 10.8. The van der Waals surface area contributed by atoms with E-state index < -0.39 is 5.60 Å². The lowest BCUT2D eigenvalue weighted by molar-refractivity contribution is -0.0262. The number of amides is 1. The fourth-order valence-corrected chi connectivity index (χ4v) is 4.61. The molecule has 1 fully saturated rings. The number of rotatable bonds is 8. The molecule has 0 bridgehead atoms. The number of carbonyl (C=O) groups excluding carboxylic acids is 1. The minimum Gasteiger partial charge on any atom is -0.390 e. The molecule has 0 aliphatic carbocycles. The van der Waals surface area contributed by atoms with Crippen LogP contribution in [0.2, 0.25) is 0 Å². The van der Waals surface area contributed by atoms with Gasteiger partial charge in [0.1, 0.15) is 5.52 Å². The number of piperidine rings is 1. The molecule has 4 rings (SSSR count). The van der Waals surface area contributed by atoms with Crippen LogP contribution < -0.4 is 11.0 Å². The number of hydrogen-bond donors (Lipinski definition) is 3. The Morgan fingerprint density at radius 2 is 1.94 bits per heavy atom. The molecule has 1 amide bonds. The number of para-hydroxylation sites is 1. The van der Waals surface area contributed by atoms with E-state index in [4.69, 9.17) is 4.94 Å². The summed E-state index contributed by atoms with van der Waals surface area (Å²) in [5.41, 5.74) is 9.86. The number of likely N-dealkylation sites (tertiary alicyclic amines) is 1. The Kier molecular flexibility index (Phi) is 6.93. The number of nitrogens with zero attached hydrogens (tertiary/aromatic N) is 2. The van der Waals surface area contributed by atoms with Crippen LogP contribution in [0.15, 0.2) is 48.0 Å². The zero-order valence-electron chi connectivity index (χ0n) is 18.5. The van der Waals surface area contributed by atoms with Crippen molar-refractivity contribution in [3.63, 3.8) is 0 Å². The van der Waals surface area contributed by atoms with Crippen LogP contribution in [0.5, 0.6) is 0 Å². The molecule has 2 heterocycles. The largest absolute Gasteiger partial charge is 0.390 e. The summed E-state index contributed by atoms with van der Waals surface area (Å²) in [4.78, 5) is 24.4. The van der Waals surface area contributed by atoms with Crippen molar-refractivity contribution in [1.82, 2.24) is 9.88 Å². The minimum absolute atomic E-state index is 0.00304. The lowest BCUT2D eigenvalue weighted by atomic mass is 9.85. The van der Waals surface area contributed by atoms with Crippen molar-refractivity contribution in [1.29, 1.82) is 0 Å². The topological polar surface area (TPSA) is 86.7 Å². The SMILES string of the molecule is CC(C)CCC1(O)CCN(C(=O)c2ccc(NONc3cccc4scnc34)cc2)CC1. The molecule has 1 aliphatic heterocycles. The van der Waals surface area contributed by atoms with Gasteiger partial charge in [-0.05, 0) is 68.0 Å². The number of anilines is 2. The first-order valence-corrected chi connectivity index (χ1v) is 11.9. The third kappa shape index (κ3) is 5.38. The van der Waals surface area contributed by atoms with E-state index in [0.29, 0.717) is 37.4 Å². The first kappa shape index (κ1) is 22.5. The summed E-state index contributed by atoms with van der Waals surface area (Å²) in [6.07, 6.45) is 3.08. The molecule has 2 aromatic carbocycles. The van der Waals surface area contributed by atoms with Crippen molar-refractivity contribution in [2.45, 2.75) is 45.1 Å². The Labute approximate surface area is 192 Å². The van der Waals surface area contributed by atoms with Crippen LogP contribution in [0, 0.1) is 5.92 Å². The van der Waals surface area contributed by atoms with E-state index in [1.165, 1.54) is 0 Å². The van der Waals surface area contributed by atoms with Crippen LogP contribution >= 0.6 is 11.3 Å². The van der Waals surface area contributed by atoms with Gasteiger partial charge < -0.3 is 10.0 Å². The van der Waals surface area contributed by atoms with E-state index in [9.17, 15) is 9.90 Å². The van der Waals surface area contributed by atoms with Gasteiger partial charge in [-0.1, -0.05) is 19.9 Å². The van der Waals surface area contributed by atoms with Crippen molar-refractivity contribution in [2.75, 3.05) is 24.0 Å². The summed E-state index contributed by atoms with van der Waals surface area (Å²) < 4.78 is 1.08. The first-order valence-electron chi connectivity index (χ1n) is 11.1. The molecule has 0 atom stereocenters. The summed E-state index contributed by atoms with van der Waals surface area (Å²) in [5.74, 6) is 0.572. The van der Waals surface area contributed by atoms with Gasteiger partial charge in [0.15, 0.2) is 0 Å². The summed E-state index contributed by atoms with van der Waals surface area (Å²) in [7, 11) is 0. The number of aromatic nitrogens is 1. The molecular weight excluding hydrogens is 424 g/mol. The lowest BCUT2D eigenvalue weighted by Crippen LogP contribution is -2.46. The molecule has 8 heteroatoms. The quantitative estimate of drug-likeness (QED) is 0.412. The Morgan fingerprint density at radius 1 is 1.19 bits per heavy atom. The lowest BCUT2D eigenvalue weighted by Gasteiger charge is -2.38. The van der Waals surface area contributed by atoms with Gasteiger partial charge in [-0.2, -0.15) is 4.94 Å². The molecule has 0 spiro atoms. The van der Waals surface area contributed by atoms with E-state index in [2.05, 4.69) is 29.8 Å². The average molecular weight is 455 g/mol. The first-order chi connectivity index (χ1) is 15.4. The highest BCUT2D eigenvalue weighted by atomic mass is 32.1. The van der Waals surface area contributed by atoms with Crippen LogP contribution in [0.25, 0.3) is 10.2 Å². The monoisotopic (exact) mass is 454 g/mol. The van der Waals surface area contributed by atoms with Crippen LogP contribution in [0.1, 0.15) is 49.9 Å². The fourth-order valence-electron chi connectivity index (χ4n) is 3.91. The Hall–Kier alpha value is -2.68. The van der Waals surface area contributed by atoms with E-state index in [0.717, 1.165) is 34.4 Å². The zero-order chi connectivity index (χ0) is 22.6. The predicted molar refractivity (Wildman–Crippen MR) is 129 cm³/mol. The smallest absolute Gasteiger partial charge is 0.253 e. The maximum absolute atomic E-state index is 12.9. The Bertz CT molecular complexity index is 1040. The normalized spacial score (nSPS) is 15.8.